The summed E-state index contributed by atoms with van der Waals surface area (Å²) in [4.78, 5) is 20.6. The van der Waals surface area contributed by atoms with Crippen molar-refractivity contribution in [3.8, 4) is 11.3 Å². The zero-order valence-electron chi connectivity index (χ0n) is 18.3. The molecule has 1 amide bonds. The van der Waals surface area contributed by atoms with Crippen molar-refractivity contribution in [2.75, 3.05) is 19.8 Å². The van der Waals surface area contributed by atoms with Gasteiger partial charge in [0, 0.05) is 30.6 Å². The summed E-state index contributed by atoms with van der Waals surface area (Å²) in [6.45, 7) is 3.50. The Morgan fingerprint density at radius 2 is 2.15 bits per heavy atom. The maximum atomic E-state index is 14.2. The smallest absolute Gasteiger partial charge is 0.420 e. The summed E-state index contributed by atoms with van der Waals surface area (Å²) in [6.07, 6.45) is 1.20. The van der Waals surface area contributed by atoms with Crippen molar-refractivity contribution >= 4 is 5.91 Å². The molecule has 1 aliphatic carbocycles. The molecule has 5 rings (SSSR count). The first kappa shape index (κ1) is 22.5. The standard InChI is InChI=1S/C22H22F3N5O4/c1-12-6-16-17(19-15(12)10-30(29-19)9-14-11-32-4-5-33-14)18(22(23,24)25)20(34-16)21(31)28-8-13-7-26-2-3-27-13/h2-3,7,10,12,14H,4-6,8-9,11H2,1H3,(H,28,31)/t12-,14-/m0/s1. The molecule has 1 saturated heterocycles. The van der Waals surface area contributed by atoms with Crippen molar-refractivity contribution in [2.24, 2.45) is 0 Å². The Morgan fingerprint density at radius 3 is 2.85 bits per heavy atom. The monoisotopic (exact) mass is 477 g/mol. The Balaban J connectivity index is 1.49. The second kappa shape index (κ2) is 8.84. The first-order valence-electron chi connectivity index (χ1n) is 10.8. The number of furan rings is 1. The molecular formula is C22H22F3N5O4. The van der Waals surface area contributed by atoms with E-state index in [9.17, 15) is 18.0 Å². The third-order valence-corrected chi connectivity index (χ3v) is 5.84. The number of rotatable bonds is 5. The van der Waals surface area contributed by atoms with E-state index in [0.29, 0.717) is 37.6 Å². The molecule has 4 heterocycles. The van der Waals surface area contributed by atoms with Crippen LogP contribution in [0.25, 0.3) is 11.3 Å². The van der Waals surface area contributed by atoms with Crippen LogP contribution in [0.2, 0.25) is 0 Å². The van der Waals surface area contributed by atoms with Crippen LogP contribution in [0.5, 0.6) is 0 Å². The van der Waals surface area contributed by atoms with Gasteiger partial charge in [0.1, 0.15) is 17.4 Å². The molecule has 1 aliphatic heterocycles. The molecular weight excluding hydrogens is 455 g/mol. The number of carbonyl (C=O) groups is 1. The van der Waals surface area contributed by atoms with Crippen LogP contribution in [-0.4, -0.2) is 51.6 Å². The molecule has 0 aromatic carbocycles. The number of carbonyl (C=O) groups excluding carboxylic acids is 1. The zero-order valence-corrected chi connectivity index (χ0v) is 18.3. The van der Waals surface area contributed by atoms with Crippen LogP contribution in [0, 0.1) is 0 Å². The van der Waals surface area contributed by atoms with E-state index in [1.807, 2.05) is 6.92 Å². The van der Waals surface area contributed by atoms with Crippen molar-refractivity contribution in [1.29, 1.82) is 0 Å². The Labute approximate surface area is 192 Å². The number of nitrogens with one attached hydrogen (secondary N) is 1. The molecule has 0 radical (unpaired) electrons. The van der Waals surface area contributed by atoms with E-state index < -0.39 is 23.4 Å². The van der Waals surface area contributed by atoms with Crippen LogP contribution in [0.3, 0.4) is 0 Å². The van der Waals surface area contributed by atoms with E-state index in [0.717, 1.165) is 0 Å². The van der Waals surface area contributed by atoms with Crippen molar-refractivity contribution < 1.29 is 31.9 Å². The second-order valence-corrected chi connectivity index (χ2v) is 8.31. The van der Waals surface area contributed by atoms with Crippen molar-refractivity contribution in [2.45, 2.75) is 44.6 Å². The van der Waals surface area contributed by atoms with Crippen LogP contribution in [0.1, 0.15) is 46.0 Å². The number of alkyl halides is 3. The van der Waals surface area contributed by atoms with Gasteiger partial charge in [-0.05, 0) is 5.92 Å². The summed E-state index contributed by atoms with van der Waals surface area (Å²) in [6, 6.07) is 0. The van der Waals surface area contributed by atoms with Gasteiger partial charge in [-0.2, -0.15) is 18.3 Å². The van der Waals surface area contributed by atoms with Gasteiger partial charge in [-0.3, -0.25) is 19.4 Å². The van der Waals surface area contributed by atoms with E-state index in [4.69, 9.17) is 13.9 Å². The third kappa shape index (κ3) is 4.30. The largest absolute Gasteiger partial charge is 0.455 e. The van der Waals surface area contributed by atoms with Crippen molar-refractivity contribution in [1.82, 2.24) is 25.1 Å². The molecule has 2 aliphatic rings. The van der Waals surface area contributed by atoms with Crippen molar-refractivity contribution in [3.05, 3.63) is 53.1 Å². The molecule has 0 unspecified atom stereocenters. The minimum absolute atomic E-state index is 0.0882. The average molecular weight is 477 g/mol. The lowest BCUT2D eigenvalue weighted by Gasteiger charge is -2.22. The zero-order chi connectivity index (χ0) is 23.9. The molecule has 0 bridgehead atoms. The Morgan fingerprint density at radius 1 is 1.29 bits per heavy atom. The van der Waals surface area contributed by atoms with Crippen LogP contribution in [-0.2, 0) is 35.2 Å². The fourth-order valence-corrected chi connectivity index (χ4v) is 4.30. The molecule has 1 N–H and O–H groups in total. The van der Waals surface area contributed by atoms with Crippen LogP contribution in [0.15, 0.2) is 29.2 Å². The summed E-state index contributed by atoms with van der Waals surface area (Å²) >= 11 is 0. The fraction of sp³-hybridized carbons (Fsp3) is 0.455. The van der Waals surface area contributed by atoms with E-state index in [2.05, 4.69) is 20.4 Å². The minimum atomic E-state index is -4.82. The molecule has 9 nitrogen and oxygen atoms in total. The summed E-state index contributed by atoms with van der Waals surface area (Å²) < 4.78 is 60.8. The van der Waals surface area contributed by atoms with E-state index in [-0.39, 0.29) is 42.0 Å². The van der Waals surface area contributed by atoms with Crippen LogP contribution >= 0.6 is 0 Å². The number of hydrogen-bond acceptors (Lipinski definition) is 7. The van der Waals surface area contributed by atoms with Gasteiger partial charge in [0.15, 0.2) is 0 Å². The number of nitrogens with zero attached hydrogens (tertiary/aromatic N) is 4. The van der Waals surface area contributed by atoms with E-state index in [1.54, 1.807) is 10.9 Å². The topological polar surface area (TPSA) is 104 Å². The van der Waals surface area contributed by atoms with E-state index >= 15 is 0 Å². The highest BCUT2D eigenvalue weighted by atomic mass is 19.4. The SMILES string of the molecule is C[C@H]1Cc2oc(C(=O)NCc3cnccn3)c(C(F)(F)F)c2-c2nn(C[C@H]3COCCO3)cc21. The van der Waals surface area contributed by atoms with E-state index in [1.165, 1.54) is 18.6 Å². The Bertz CT molecular complexity index is 1190. The van der Waals surface area contributed by atoms with Crippen LogP contribution in [0.4, 0.5) is 13.2 Å². The summed E-state index contributed by atoms with van der Waals surface area (Å²) in [7, 11) is 0. The molecule has 0 spiro atoms. The first-order chi connectivity index (χ1) is 16.3. The normalized spacial score (nSPS) is 20.0. The fourth-order valence-electron chi connectivity index (χ4n) is 4.30. The lowest BCUT2D eigenvalue weighted by atomic mass is 9.86. The maximum absolute atomic E-state index is 14.2. The number of amides is 1. The Kier molecular flexibility index (Phi) is 5.86. The minimum Gasteiger partial charge on any atom is -0.455 e. The van der Waals surface area contributed by atoms with Gasteiger partial charge in [-0.25, -0.2) is 0 Å². The average Bonchev–Trinajstić information content (AvgIpc) is 3.41. The predicted molar refractivity (Wildman–Crippen MR) is 111 cm³/mol. The molecule has 180 valence electrons. The van der Waals surface area contributed by atoms with Crippen molar-refractivity contribution in [3.63, 3.8) is 0 Å². The number of aromatic nitrogens is 4. The summed E-state index contributed by atoms with van der Waals surface area (Å²) in [5, 5.41) is 6.89. The first-order valence-corrected chi connectivity index (χ1v) is 10.8. The van der Waals surface area contributed by atoms with Gasteiger partial charge in [0.25, 0.3) is 5.91 Å². The molecule has 12 heteroatoms. The highest BCUT2D eigenvalue weighted by molar-refractivity contribution is 5.96. The second-order valence-electron chi connectivity index (χ2n) is 8.31. The maximum Gasteiger partial charge on any atom is 0.420 e. The highest BCUT2D eigenvalue weighted by Gasteiger charge is 2.46. The summed E-state index contributed by atoms with van der Waals surface area (Å²) in [5.74, 6) is -1.80. The molecule has 0 saturated carbocycles. The number of hydrogen-bond donors (Lipinski definition) is 1. The predicted octanol–water partition coefficient (Wildman–Crippen LogP) is 2.96. The number of fused-ring (bicyclic) bond motifs is 3. The van der Waals surface area contributed by atoms with Gasteiger partial charge in [0.05, 0.1) is 56.1 Å². The summed E-state index contributed by atoms with van der Waals surface area (Å²) in [5.41, 5.74) is -0.0412. The number of halogens is 3. The Hall–Kier alpha value is -3.25. The van der Waals surface area contributed by atoms with Gasteiger partial charge in [-0.1, -0.05) is 6.92 Å². The molecule has 1 fully saturated rings. The molecule has 3 aromatic rings. The lowest BCUT2D eigenvalue weighted by Crippen LogP contribution is -2.32. The quantitative estimate of drug-likeness (QED) is 0.603. The molecule has 34 heavy (non-hydrogen) atoms. The molecule has 3 aromatic heterocycles. The van der Waals surface area contributed by atoms with Gasteiger partial charge >= 0.3 is 6.18 Å². The van der Waals surface area contributed by atoms with Gasteiger partial charge in [-0.15, -0.1) is 0 Å². The van der Waals surface area contributed by atoms with Crippen LogP contribution < -0.4 is 5.32 Å². The molecule has 2 atom stereocenters. The van der Waals surface area contributed by atoms with Gasteiger partial charge in [0.2, 0.25) is 5.76 Å². The lowest BCUT2D eigenvalue weighted by molar-refractivity contribution is -0.137. The highest BCUT2D eigenvalue weighted by Crippen LogP contribution is 2.48. The number of ether oxygens (including phenoxy) is 2. The third-order valence-electron chi connectivity index (χ3n) is 5.84. The van der Waals surface area contributed by atoms with Gasteiger partial charge < -0.3 is 19.2 Å².